The van der Waals surface area contributed by atoms with Crippen molar-refractivity contribution in [1.82, 2.24) is 19.9 Å². The highest BCUT2D eigenvalue weighted by atomic mass is 79.9. The molecule has 37 heavy (non-hydrogen) atoms. The third-order valence-corrected chi connectivity index (χ3v) is 6.57. The van der Waals surface area contributed by atoms with Gasteiger partial charge in [0, 0.05) is 29.7 Å². The van der Waals surface area contributed by atoms with Crippen LogP contribution in [0.25, 0.3) is 16.9 Å². The fourth-order valence-electron chi connectivity index (χ4n) is 3.75. The first-order valence-electron chi connectivity index (χ1n) is 11.6. The summed E-state index contributed by atoms with van der Waals surface area (Å²) >= 11 is 9.96. The van der Waals surface area contributed by atoms with Crippen molar-refractivity contribution in [2.45, 2.75) is 13.1 Å². The van der Waals surface area contributed by atoms with Crippen LogP contribution in [-0.4, -0.2) is 27.1 Å². The molecule has 2 aromatic heterocycles. The summed E-state index contributed by atoms with van der Waals surface area (Å²) < 4.78 is 8.03. The molecule has 0 fully saturated rings. The Morgan fingerprint density at radius 2 is 1.65 bits per heavy atom. The van der Waals surface area contributed by atoms with Gasteiger partial charge >= 0.3 is 0 Å². The predicted octanol–water partition coefficient (Wildman–Crippen LogP) is 6.12. The van der Waals surface area contributed by atoms with Crippen LogP contribution in [0.15, 0.2) is 95.6 Å². The molecular weight excluding hydrogens is 554 g/mol. The second-order valence-corrected chi connectivity index (χ2v) is 9.54. The van der Waals surface area contributed by atoms with Crippen LogP contribution in [0.4, 0.5) is 5.82 Å². The number of anilines is 1. The topological polar surface area (TPSA) is 80.5 Å². The lowest BCUT2D eigenvalue weighted by molar-refractivity contribution is -0.123. The zero-order valence-electron chi connectivity index (χ0n) is 19.7. The van der Waals surface area contributed by atoms with Crippen LogP contribution in [0.1, 0.15) is 11.1 Å². The van der Waals surface area contributed by atoms with Gasteiger partial charge in [0.1, 0.15) is 11.6 Å². The molecule has 0 saturated carbocycles. The van der Waals surface area contributed by atoms with Gasteiger partial charge in [0.15, 0.2) is 12.3 Å². The number of hydrogen-bond acceptors (Lipinski definition) is 5. The summed E-state index contributed by atoms with van der Waals surface area (Å²) in [5, 5.41) is 11.4. The lowest BCUT2D eigenvalue weighted by Crippen LogP contribution is -2.28. The summed E-state index contributed by atoms with van der Waals surface area (Å²) in [6.07, 6.45) is 1.72. The van der Waals surface area contributed by atoms with E-state index >= 15 is 0 Å². The van der Waals surface area contributed by atoms with E-state index in [4.69, 9.17) is 21.3 Å². The molecule has 0 aliphatic carbocycles. The standard InChI is InChI=1S/C28H23BrClN5O2/c29-23-17-33-35-26(14-25(34-28(23)35)22-8-4-5-9-24(22)30)31-15-19-10-12-20(13-11-19)16-32-27(36)18-37-21-6-2-1-3-7-21/h1-14,17,31H,15-16,18H2,(H,32,36). The molecule has 0 radical (unpaired) electrons. The van der Waals surface area contributed by atoms with Gasteiger partial charge in [0.05, 0.1) is 16.4 Å². The number of aromatic nitrogens is 3. The van der Waals surface area contributed by atoms with E-state index in [0.29, 0.717) is 29.5 Å². The molecule has 0 spiro atoms. The summed E-state index contributed by atoms with van der Waals surface area (Å²) in [6.45, 7) is 0.987. The predicted molar refractivity (Wildman–Crippen MR) is 149 cm³/mol. The molecule has 2 heterocycles. The quantitative estimate of drug-likeness (QED) is 0.221. The summed E-state index contributed by atoms with van der Waals surface area (Å²) in [7, 11) is 0. The van der Waals surface area contributed by atoms with Crippen molar-refractivity contribution < 1.29 is 9.53 Å². The van der Waals surface area contributed by atoms with Gasteiger partial charge in [-0.15, -0.1) is 0 Å². The van der Waals surface area contributed by atoms with Gasteiger partial charge in [-0.1, -0.05) is 72.3 Å². The molecule has 9 heteroatoms. The maximum atomic E-state index is 12.1. The molecule has 5 rings (SSSR count). The highest BCUT2D eigenvalue weighted by Gasteiger charge is 2.13. The van der Waals surface area contributed by atoms with Gasteiger partial charge in [0.2, 0.25) is 0 Å². The average molecular weight is 577 g/mol. The number of nitrogens with zero attached hydrogens (tertiary/aromatic N) is 3. The number of rotatable bonds is 9. The van der Waals surface area contributed by atoms with Crippen LogP contribution < -0.4 is 15.4 Å². The lowest BCUT2D eigenvalue weighted by Gasteiger charge is -2.12. The maximum absolute atomic E-state index is 12.1. The number of ether oxygens (including phenoxy) is 1. The highest BCUT2D eigenvalue weighted by Crippen LogP contribution is 2.30. The molecule has 0 atom stereocenters. The average Bonchev–Trinajstić information content (AvgIpc) is 3.31. The molecule has 0 aliphatic rings. The van der Waals surface area contributed by atoms with Gasteiger partial charge in [-0.25, -0.2) is 4.98 Å². The minimum absolute atomic E-state index is 0.0217. The van der Waals surface area contributed by atoms with Crippen molar-refractivity contribution in [3.63, 3.8) is 0 Å². The van der Waals surface area contributed by atoms with Crippen LogP contribution in [-0.2, 0) is 17.9 Å². The van der Waals surface area contributed by atoms with Gasteiger partial charge in [0.25, 0.3) is 5.91 Å². The van der Waals surface area contributed by atoms with E-state index in [9.17, 15) is 4.79 Å². The Kier molecular flexibility index (Phi) is 7.67. The van der Waals surface area contributed by atoms with Gasteiger partial charge in [-0.05, 0) is 45.3 Å². The van der Waals surface area contributed by atoms with Crippen LogP contribution in [0.2, 0.25) is 5.02 Å². The Morgan fingerprint density at radius 3 is 2.41 bits per heavy atom. The normalized spacial score (nSPS) is 10.9. The van der Waals surface area contributed by atoms with Crippen molar-refractivity contribution in [2.24, 2.45) is 0 Å². The molecular formula is C28H23BrClN5O2. The number of benzene rings is 3. The SMILES string of the molecule is O=C(COc1ccccc1)NCc1ccc(CNc2cc(-c3ccccc3Cl)nc3c(Br)cnn23)cc1. The van der Waals surface area contributed by atoms with Crippen LogP contribution in [0, 0.1) is 0 Å². The number of halogens is 2. The van der Waals surface area contributed by atoms with E-state index in [2.05, 4.69) is 31.7 Å². The third-order valence-electron chi connectivity index (χ3n) is 5.68. The largest absolute Gasteiger partial charge is 0.484 e. The smallest absolute Gasteiger partial charge is 0.258 e. The first kappa shape index (κ1) is 24.8. The zero-order chi connectivity index (χ0) is 25.6. The van der Waals surface area contributed by atoms with Gasteiger partial charge in [-0.3, -0.25) is 4.79 Å². The van der Waals surface area contributed by atoms with E-state index in [1.165, 1.54) is 0 Å². The van der Waals surface area contributed by atoms with Gasteiger partial charge < -0.3 is 15.4 Å². The molecule has 7 nitrogen and oxygen atoms in total. The lowest BCUT2D eigenvalue weighted by atomic mass is 10.1. The molecule has 0 saturated heterocycles. The first-order chi connectivity index (χ1) is 18.1. The highest BCUT2D eigenvalue weighted by molar-refractivity contribution is 9.10. The summed E-state index contributed by atoms with van der Waals surface area (Å²) in [6, 6.07) is 26.9. The Hall–Kier alpha value is -3.88. The van der Waals surface area contributed by atoms with E-state index in [1.807, 2.05) is 84.9 Å². The number of carbonyl (C=O) groups excluding carboxylic acids is 1. The van der Waals surface area contributed by atoms with Crippen LogP contribution >= 0.6 is 27.5 Å². The minimum atomic E-state index is -0.170. The Morgan fingerprint density at radius 1 is 0.946 bits per heavy atom. The molecule has 186 valence electrons. The molecule has 1 amide bonds. The van der Waals surface area contributed by atoms with E-state index in [1.54, 1.807) is 10.7 Å². The van der Waals surface area contributed by atoms with Crippen molar-refractivity contribution in [2.75, 3.05) is 11.9 Å². The molecule has 5 aromatic rings. The van der Waals surface area contributed by atoms with Crippen LogP contribution in [0.5, 0.6) is 5.75 Å². The summed E-state index contributed by atoms with van der Waals surface area (Å²) in [5.74, 6) is 1.29. The zero-order valence-corrected chi connectivity index (χ0v) is 22.0. The molecule has 0 aliphatic heterocycles. The maximum Gasteiger partial charge on any atom is 0.258 e. The second kappa shape index (κ2) is 11.5. The summed E-state index contributed by atoms with van der Waals surface area (Å²) in [5.41, 5.74) is 4.38. The minimum Gasteiger partial charge on any atom is -0.484 e. The number of amides is 1. The number of nitrogens with one attached hydrogen (secondary N) is 2. The first-order valence-corrected chi connectivity index (χ1v) is 12.8. The van der Waals surface area contributed by atoms with E-state index < -0.39 is 0 Å². The van der Waals surface area contributed by atoms with Crippen molar-refractivity contribution in [3.05, 3.63) is 112 Å². The van der Waals surface area contributed by atoms with Crippen molar-refractivity contribution >= 4 is 44.9 Å². The monoisotopic (exact) mass is 575 g/mol. The molecule has 0 bridgehead atoms. The van der Waals surface area contributed by atoms with E-state index in [0.717, 1.165) is 32.7 Å². The Bertz CT molecular complexity index is 1520. The molecule has 0 unspecified atom stereocenters. The number of fused-ring (bicyclic) bond motifs is 1. The van der Waals surface area contributed by atoms with E-state index in [-0.39, 0.29) is 12.5 Å². The number of carbonyl (C=O) groups is 1. The van der Waals surface area contributed by atoms with Crippen molar-refractivity contribution in [3.8, 4) is 17.0 Å². The second-order valence-electron chi connectivity index (χ2n) is 8.28. The van der Waals surface area contributed by atoms with Gasteiger partial charge in [-0.2, -0.15) is 9.61 Å². The fourth-order valence-corrected chi connectivity index (χ4v) is 4.33. The number of hydrogen-bond donors (Lipinski definition) is 2. The Labute approximate surface area is 227 Å². The summed E-state index contributed by atoms with van der Waals surface area (Å²) in [4.78, 5) is 16.8. The fraction of sp³-hybridized carbons (Fsp3) is 0.107. The number of para-hydroxylation sites is 1. The molecule has 2 N–H and O–H groups in total. The third kappa shape index (κ3) is 6.10. The van der Waals surface area contributed by atoms with Crippen molar-refractivity contribution in [1.29, 1.82) is 0 Å². The van der Waals surface area contributed by atoms with Crippen LogP contribution in [0.3, 0.4) is 0 Å². The Balaban J connectivity index is 1.21. The molecule has 3 aromatic carbocycles.